The highest BCUT2D eigenvalue weighted by atomic mass is 16.5. The molecule has 19 heavy (non-hydrogen) atoms. The lowest BCUT2D eigenvalue weighted by atomic mass is 9.82. The maximum atomic E-state index is 12.1. The summed E-state index contributed by atoms with van der Waals surface area (Å²) in [5.41, 5.74) is 0. The van der Waals surface area contributed by atoms with Gasteiger partial charge in [-0.1, -0.05) is 12.2 Å². The van der Waals surface area contributed by atoms with Gasteiger partial charge in [-0.25, -0.2) is 0 Å². The topological polar surface area (TPSA) is 75.6 Å². The maximum Gasteiger partial charge on any atom is 0.307 e. The first-order valence-electron chi connectivity index (χ1n) is 6.95. The fourth-order valence-corrected chi connectivity index (χ4v) is 2.69. The van der Waals surface area contributed by atoms with Crippen molar-refractivity contribution in [3.8, 4) is 0 Å². The van der Waals surface area contributed by atoms with Crippen LogP contribution in [0.2, 0.25) is 0 Å². The van der Waals surface area contributed by atoms with Gasteiger partial charge < -0.3 is 15.2 Å². The number of hydrogen-bond acceptors (Lipinski definition) is 3. The normalized spacial score (nSPS) is 30.8. The summed E-state index contributed by atoms with van der Waals surface area (Å²) < 4.78 is 5.54. The molecule has 0 bridgehead atoms. The van der Waals surface area contributed by atoms with Crippen molar-refractivity contribution in [1.82, 2.24) is 5.32 Å². The van der Waals surface area contributed by atoms with Crippen molar-refractivity contribution < 1.29 is 19.4 Å². The minimum absolute atomic E-state index is 0.0834. The van der Waals surface area contributed by atoms with E-state index in [9.17, 15) is 9.59 Å². The van der Waals surface area contributed by atoms with Gasteiger partial charge >= 0.3 is 5.97 Å². The number of aliphatic carboxylic acids is 1. The van der Waals surface area contributed by atoms with Gasteiger partial charge in [-0.3, -0.25) is 9.59 Å². The molecule has 5 nitrogen and oxygen atoms in total. The second kappa shape index (κ2) is 6.70. The van der Waals surface area contributed by atoms with Crippen LogP contribution in [0.4, 0.5) is 0 Å². The van der Waals surface area contributed by atoms with E-state index in [0.717, 1.165) is 25.9 Å². The number of nitrogens with one attached hydrogen (secondary N) is 1. The van der Waals surface area contributed by atoms with Gasteiger partial charge in [-0.15, -0.1) is 0 Å². The van der Waals surface area contributed by atoms with Gasteiger partial charge in [0, 0.05) is 13.2 Å². The summed E-state index contributed by atoms with van der Waals surface area (Å²) in [4.78, 5) is 23.2. The molecule has 2 N–H and O–H groups in total. The average Bonchev–Trinajstić information content (AvgIpc) is 2.46. The Balaban J connectivity index is 1.84. The Labute approximate surface area is 113 Å². The zero-order valence-corrected chi connectivity index (χ0v) is 11.0. The zero-order valence-electron chi connectivity index (χ0n) is 11.0. The van der Waals surface area contributed by atoms with Crippen LogP contribution in [0.25, 0.3) is 0 Å². The number of allylic oxidation sites excluding steroid dienone is 2. The highest BCUT2D eigenvalue weighted by Crippen LogP contribution is 2.26. The van der Waals surface area contributed by atoms with Crippen LogP contribution >= 0.6 is 0 Å². The van der Waals surface area contributed by atoms with Crippen LogP contribution in [0, 0.1) is 11.8 Å². The zero-order chi connectivity index (χ0) is 13.7. The van der Waals surface area contributed by atoms with E-state index in [-0.39, 0.29) is 12.0 Å². The maximum absolute atomic E-state index is 12.1. The summed E-state index contributed by atoms with van der Waals surface area (Å²) in [5.74, 6) is -2.10. The molecule has 1 unspecified atom stereocenters. The van der Waals surface area contributed by atoms with Crippen LogP contribution in [0.3, 0.4) is 0 Å². The molecule has 0 saturated carbocycles. The van der Waals surface area contributed by atoms with Crippen molar-refractivity contribution in [2.45, 2.75) is 38.2 Å². The third-order valence-corrected chi connectivity index (χ3v) is 3.86. The summed E-state index contributed by atoms with van der Waals surface area (Å²) >= 11 is 0. The molecule has 1 saturated heterocycles. The summed E-state index contributed by atoms with van der Waals surface area (Å²) in [6, 6.07) is 0. The highest BCUT2D eigenvalue weighted by molar-refractivity contribution is 5.85. The molecule has 5 heteroatoms. The van der Waals surface area contributed by atoms with Gasteiger partial charge in [0.1, 0.15) is 0 Å². The SMILES string of the molecule is O=C(O)[C@H]1CC=CC[C@H]1C(=O)NCC1CCCCO1. The lowest BCUT2D eigenvalue weighted by molar-refractivity contribution is -0.147. The number of carbonyl (C=O) groups is 2. The standard InChI is InChI=1S/C14H21NO4/c16-13(15-9-10-5-3-4-8-19-10)11-6-1-2-7-12(11)14(17)18/h1-2,10-12H,3-9H2,(H,15,16)(H,17,18)/t10?,11-,12+/m1/s1. The van der Waals surface area contributed by atoms with Crippen molar-refractivity contribution in [3.05, 3.63) is 12.2 Å². The van der Waals surface area contributed by atoms with Gasteiger partial charge in [0.15, 0.2) is 0 Å². The van der Waals surface area contributed by atoms with Crippen molar-refractivity contribution in [2.75, 3.05) is 13.2 Å². The minimum Gasteiger partial charge on any atom is -0.481 e. The predicted octanol–water partition coefficient (Wildman–Crippen LogP) is 1.34. The largest absolute Gasteiger partial charge is 0.481 e. The van der Waals surface area contributed by atoms with E-state index in [1.54, 1.807) is 0 Å². The third-order valence-electron chi connectivity index (χ3n) is 3.86. The van der Waals surface area contributed by atoms with E-state index in [1.165, 1.54) is 0 Å². The van der Waals surface area contributed by atoms with Crippen molar-refractivity contribution in [2.24, 2.45) is 11.8 Å². The molecule has 0 aromatic rings. The molecule has 0 aromatic heterocycles. The quantitative estimate of drug-likeness (QED) is 0.754. The number of carbonyl (C=O) groups excluding carboxylic acids is 1. The average molecular weight is 267 g/mol. The smallest absolute Gasteiger partial charge is 0.307 e. The fraction of sp³-hybridized carbons (Fsp3) is 0.714. The minimum atomic E-state index is -0.890. The number of carboxylic acids is 1. The second-order valence-electron chi connectivity index (χ2n) is 5.23. The Kier molecular flexibility index (Phi) is 4.96. The summed E-state index contributed by atoms with van der Waals surface area (Å²) in [7, 11) is 0. The molecular weight excluding hydrogens is 246 g/mol. The molecule has 1 aliphatic heterocycles. The molecule has 0 aromatic carbocycles. The van der Waals surface area contributed by atoms with Crippen molar-refractivity contribution >= 4 is 11.9 Å². The van der Waals surface area contributed by atoms with Crippen LogP contribution < -0.4 is 5.32 Å². The number of amides is 1. The predicted molar refractivity (Wildman–Crippen MR) is 69.6 cm³/mol. The number of ether oxygens (including phenoxy) is 1. The summed E-state index contributed by atoms with van der Waals surface area (Å²) in [6.07, 6.45) is 7.94. The monoisotopic (exact) mass is 267 g/mol. The van der Waals surface area contributed by atoms with Crippen molar-refractivity contribution in [1.29, 1.82) is 0 Å². The van der Waals surface area contributed by atoms with E-state index in [0.29, 0.717) is 19.4 Å². The second-order valence-corrected chi connectivity index (χ2v) is 5.23. The third kappa shape index (κ3) is 3.80. The number of rotatable bonds is 4. The molecule has 1 amide bonds. The summed E-state index contributed by atoms with van der Waals surface area (Å²) in [6.45, 7) is 1.25. The van der Waals surface area contributed by atoms with Crippen LogP contribution in [-0.2, 0) is 14.3 Å². The van der Waals surface area contributed by atoms with Crippen LogP contribution in [0.1, 0.15) is 32.1 Å². The lowest BCUT2D eigenvalue weighted by Crippen LogP contribution is -2.42. The molecule has 1 heterocycles. The highest BCUT2D eigenvalue weighted by Gasteiger charge is 2.34. The van der Waals surface area contributed by atoms with Gasteiger partial charge in [0.05, 0.1) is 17.9 Å². The Hall–Kier alpha value is -1.36. The van der Waals surface area contributed by atoms with E-state index < -0.39 is 17.8 Å². The molecular formula is C14H21NO4. The van der Waals surface area contributed by atoms with E-state index in [1.807, 2.05) is 12.2 Å². The molecule has 1 aliphatic carbocycles. The molecule has 2 aliphatic rings. The number of carboxylic acid groups (broad SMARTS) is 1. The summed E-state index contributed by atoms with van der Waals surface area (Å²) in [5, 5.41) is 12.0. The molecule has 0 radical (unpaired) electrons. The van der Waals surface area contributed by atoms with E-state index >= 15 is 0 Å². The lowest BCUT2D eigenvalue weighted by Gasteiger charge is -2.27. The van der Waals surface area contributed by atoms with E-state index in [4.69, 9.17) is 9.84 Å². The van der Waals surface area contributed by atoms with Gasteiger partial charge in [-0.2, -0.15) is 0 Å². The van der Waals surface area contributed by atoms with Crippen LogP contribution in [0.5, 0.6) is 0 Å². The van der Waals surface area contributed by atoms with Crippen LogP contribution in [-0.4, -0.2) is 36.2 Å². The fourth-order valence-electron chi connectivity index (χ4n) is 2.69. The molecule has 3 atom stereocenters. The molecule has 2 rings (SSSR count). The van der Waals surface area contributed by atoms with E-state index in [2.05, 4.69) is 5.32 Å². The molecule has 0 spiro atoms. The Morgan fingerprint density at radius 1 is 1.21 bits per heavy atom. The van der Waals surface area contributed by atoms with Gasteiger partial charge in [-0.05, 0) is 32.1 Å². The first-order chi connectivity index (χ1) is 9.18. The number of hydrogen-bond donors (Lipinski definition) is 2. The van der Waals surface area contributed by atoms with Gasteiger partial charge in [0.25, 0.3) is 0 Å². The Morgan fingerprint density at radius 3 is 2.58 bits per heavy atom. The first kappa shape index (κ1) is 14.1. The van der Waals surface area contributed by atoms with Gasteiger partial charge in [0.2, 0.25) is 5.91 Å². The molecule has 106 valence electrons. The first-order valence-corrected chi connectivity index (χ1v) is 6.95. The Morgan fingerprint density at radius 2 is 1.95 bits per heavy atom. The van der Waals surface area contributed by atoms with Crippen molar-refractivity contribution in [3.63, 3.8) is 0 Å². The molecule has 1 fully saturated rings. The van der Waals surface area contributed by atoms with Crippen LogP contribution in [0.15, 0.2) is 12.2 Å². The Bertz CT molecular complexity index is 360.